The highest BCUT2D eigenvalue weighted by Crippen LogP contribution is 2.65. The molecular formula is C70H106O26. The van der Waals surface area contributed by atoms with Gasteiger partial charge in [0, 0.05) is 42.9 Å². The Labute approximate surface area is 563 Å². The second-order valence-corrected chi connectivity index (χ2v) is 30.5. The topological polar surface area (TPSA) is 342 Å². The zero-order chi connectivity index (χ0) is 72.6. The molecule has 4 saturated carbocycles. The maximum absolute atomic E-state index is 12.3. The van der Waals surface area contributed by atoms with Gasteiger partial charge >= 0.3 is 77.6 Å². The lowest BCUT2D eigenvalue weighted by molar-refractivity contribution is -0.188. The first kappa shape index (κ1) is 79.8. The molecule has 9 rings (SSSR count). The summed E-state index contributed by atoms with van der Waals surface area (Å²) in [6, 6.07) is 0. The van der Waals surface area contributed by atoms with Crippen molar-refractivity contribution in [3.05, 3.63) is 0 Å². The van der Waals surface area contributed by atoms with Crippen LogP contribution in [0.5, 0.6) is 0 Å². The lowest BCUT2D eigenvalue weighted by Crippen LogP contribution is -2.44. The highest BCUT2D eigenvalue weighted by molar-refractivity contribution is 5.88. The molecule has 14 unspecified atom stereocenters. The molecule has 14 atom stereocenters. The Morgan fingerprint density at radius 1 is 0.479 bits per heavy atom. The van der Waals surface area contributed by atoms with Crippen LogP contribution in [-0.2, 0) is 124 Å². The molecule has 26 heteroatoms. The fraction of sp³-hybridized carbons (Fsp3) is 0.814. The normalized spacial score (nSPS) is 28.1. The van der Waals surface area contributed by atoms with E-state index in [1.165, 1.54) is 20.8 Å². The molecule has 5 heterocycles. The van der Waals surface area contributed by atoms with Gasteiger partial charge in [0.05, 0.1) is 65.2 Å². The van der Waals surface area contributed by atoms with Crippen molar-refractivity contribution in [1.29, 1.82) is 0 Å². The molecule has 96 heavy (non-hydrogen) atoms. The number of esters is 13. The van der Waals surface area contributed by atoms with Gasteiger partial charge in [0.1, 0.15) is 31.0 Å². The van der Waals surface area contributed by atoms with Gasteiger partial charge in [-0.25, -0.2) is 24.0 Å². The van der Waals surface area contributed by atoms with Crippen LogP contribution in [0.2, 0.25) is 0 Å². The van der Waals surface area contributed by atoms with Gasteiger partial charge in [0.25, 0.3) is 0 Å². The van der Waals surface area contributed by atoms with Gasteiger partial charge < -0.3 is 61.6 Å². The van der Waals surface area contributed by atoms with Crippen LogP contribution in [0.4, 0.5) is 0 Å². The zero-order valence-electron chi connectivity index (χ0n) is 60.0. The molecule has 0 N–H and O–H groups in total. The van der Waals surface area contributed by atoms with E-state index in [0.29, 0.717) is 50.4 Å². The monoisotopic (exact) mass is 1360 g/mol. The fourth-order valence-corrected chi connectivity index (χ4v) is 11.9. The van der Waals surface area contributed by atoms with Gasteiger partial charge in [-0.3, -0.25) is 38.4 Å². The van der Waals surface area contributed by atoms with Gasteiger partial charge in [-0.05, 0) is 147 Å². The average Bonchev–Trinajstić information content (AvgIpc) is 1.54. The Morgan fingerprint density at radius 3 is 1.39 bits per heavy atom. The van der Waals surface area contributed by atoms with Crippen LogP contribution in [0.3, 0.4) is 0 Å². The smallest absolute Gasteiger partial charge is 0.350 e. The van der Waals surface area contributed by atoms with Crippen LogP contribution in [-0.4, -0.2) is 158 Å². The number of hydrogen-bond acceptors (Lipinski definition) is 26. The standard InChI is InChI=1S/C16H24O4.C14H22O6.C14H20O4.2C13H20O6/c1-6-15(2,3)14(18)20-11-9-7-8-10(16(9,4)5)12(11)19-13(8)17;1-6-13(2,3)11(16)20-14(4,5)12(17)19-9-7-8-18-10(9)15;1-4-14(2,3)13(16)18-10-7-5-8-9(6-7)12(15)17-11(8)10;1-5-13(3,4)12(16)18-8(2)10(14)19-9-6-7-17-11(9)15;1-4-13(2,3)12(16)18-8-6-10(14)19-9-5-7-17-11(9)15/h8-12H,6-7H2,1-5H3;9H,6-8H2,1-5H3;7-11H,4-6H2,1-3H3;8-9H,5-7H2,1-4H3;9H,4-8H2,1-3H3. The van der Waals surface area contributed by atoms with Crippen LogP contribution >= 0.6 is 0 Å². The molecule has 0 aromatic heterocycles. The van der Waals surface area contributed by atoms with E-state index in [0.717, 1.165) is 32.1 Å². The summed E-state index contributed by atoms with van der Waals surface area (Å²) in [6.45, 7) is 37.1. The molecule has 0 amide bonds. The van der Waals surface area contributed by atoms with E-state index in [2.05, 4.69) is 23.3 Å². The molecule has 9 fully saturated rings. The molecule has 4 aliphatic carbocycles. The zero-order valence-corrected chi connectivity index (χ0v) is 60.0. The number of rotatable bonds is 22. The Hall–Kier alpha value is -6.89. The lowest BCUT2D eigenvalue weighted by atomic mass is 9.80. The van der Waals surface area contributed by atoms with Gasteiger partial charge in [0.2, 0.25) is 23.9 Å². The first-order chi connectivity index (χ1) is 44.4. The van der Waals surface area contributed by atoms with E-state index < -0.39 is 105 Å². The Bertz CT molecular complexity index is 2900. The van der Waals surface area contributed by atoms with E-state index in [1.54, 1.807) is 41.5 Å². The molecule has 4 bridgehead atoms. The molecule has 0 aromatic rings. The summed E-state index contributed by atoms with van der Waals surface area (Å²) in [4.78, 5) is 152. The van der Waals surface area contributed by atoms with E-state index in [-0.39, 0.29) is 116 Å². The van der Waals surface area contributed by atoms with E-state index in [9.17, 15) is 62.3 Å². The van der Waals surface area contributed by atoms with Crippen molar-refractivity contribution in [2.24, 2.45) is 68.0 Å². The lowest BCUT2D eigenvalue weighted by Gasteiger charge is -2.30. The van der Waals surface area contributed by atoms with Gasteiger partial charge in [0.15, 0.2) is 6.10 Å². The predicted molar refractivity (Wildman–Crippen MR) is 336 cm³/mol. The molecular weight excluding hydrogens is 1260 g/mol. The molecule has 26 nitrogen and oxygen atoms in total. The minimum absolute atomic E-state index is 0.0167. The minimum Gasteiger partial charge on any atom is -0.465 e. The summed E-state index contributed by atoms with van der Waals surface area (Å²) in [5, 5.41) is 0. The average molecular weight is 1360 g/mol. The number of cyclic esters (lactones) is 3. The highest BCUT2D eigenvalue weighted by Gasteiger charge is 2.72. The maximum atomic E-state index is 12.3. The van der Waals surface area contributed by atoms with Crippen LogP contribution in [0, 0.1) is 68.0 Å². The third-order valence-electron chi connectivity index (χ3n) is 20.9. The van der Waals surface area contributed by atoms with Gasteiger partial charge in [-0.1, -0.05) is 48.5 Å². The molecule has 0 radical (unpaired) electrons. The largest absolute Gasteiger partial charge is 0.465 e. The summed E-state index contributed by atoms with van der Waals surface area (Å²) in [5.74, 6) is -4.30. The van der Waals surface area contributed by atoms with Crippen molar-refractivity contribution in [1.82, 2.24) is 0 Å². The number of carbonyl (C=O) groups excluding carboxylic acids is 13. The Morgan fingerprint density at radius 2 is 0.906 bits per heavy atom. The summed E-state index contributed by atoms with van der Waals surface area (Å²) in [5.41, 5.74) is -4.24. The third-order valence-corrected chi connectivity index (χ3v) is 20.9. The number of ether oxygens (including phenoxy) is 13. The van der Waals surface area contributed by atoms with Gasteiger partial charge in [-0.15, -0.1) is 0 Å². The first-order valence-corrected chi connectivity index (χ1v) is 33.9. The summed E-state index contributed by atoms with van der Waals surface area (Å²) < 4.78 is 66.6. The Kier molecular flexibility index (Phi) is 26.4. The van der Waals surface area contributed by atoms with Crippen LogP contribution in [0.1, 0.15) is 216 Å². The van der Waals surface area contributed by atoms with Crippen LogP contribution in [0.15, 0.2) is 0 Å². The van der Waals surface area contributed by atoms with E-state index >= 15 is 0 Å². The first-order valence-electron chi connectivity index (χ1n) is 33.9. The van der Waals surface area contributed by atoms with Crippen molar-refractivity contribution >= 4 is 77.6 Å². The van der Waals surface area contributed by atoms with Crippen LogP contribution < -0.4 is 0 Å². The number of hydrogen-bond donors (Lipinski definition) is 0. The quantitative estimate of drug-likeness (QED) is 0.0724. The van der Waals surface area contributed by atoms with Crippen molar-refractivity contribution in [3.8, 4) is 0 Å². The van der Waals surface area contributed by atoms with E-state index in [1.807, 2.05) is 62.3 Å². The molecule has 5 aliphatic heterocycles. The molecule has 0 spiro atoms. The van der Waals surface area contributed by atoms with Crippen molar-refractivity contribution < 1.29 is 124 Å². The molecule has 9 aliphatic rings. The van der Waals surface area contributed by atoms with Crippen molar-refractivity contribution in [2.45, 2.75) is 270 Å². The fourth-order valence-electron chi connectivity index (χ4n) is 11.9. The highest BCUT2D eigenvalue weighted by atomic mass is 16.7. The summed E-state index contributed by atoms with van der Waals surface area (Å²) in [6.07, 6.45) is 2.47. The van der Waals surface area contributed by atoms with E-state index in [4.69, 9.17) is 52.1 Å². The number of carbonyl (C=O) groups is 13. The minimum atomic E-state index is -1.44. The van der Waals surface area contributed by atoms with Gasteiger partial charge in [-0.2, -0.15) is 0 Å². The number of fused-ring (bicyclic) bond motifs is 2. The molecule has 0 aromatic carbocycles. The van der Waals surface area contributed by atoms with Crippen molar-refractivity contribution in [2.75, 3.05) is 26.4 Å². The third kappa shape index (κ3) is 18.9. The predicted octanol–water partition coefficient (Wildman–Crippen LogP) is 8.50. The summed E-state index contributed by atoms with van der Waals surface area (Å²) >= 11 is 0. The Balaban J connectivity index is 0.000000217. The maximum Gasteiger partial charge on any atom is 0.350 e. The summed E-state index contributed by atoms with van der Waals surface area (Å²) in [7, 11) is 0. The second-order valence-electron chi connectivity index (χ2n) is 30.5. The second kappa shape index (κ2) is 31.8. The molecule has 542 valence electrons. The molecule has 5 saturated heterocycles. The van der Waals surface area contributed by atoms with Crippen molar-refractivity contribution in [3.63, 3.8) is 0 Å². The van der Waals surface area contributed by atoms with Crippen LogP contribution in [0.25, 0.3) is 0 Å². The SMILES string of the molecule is CCC(C)(C)C(=O)OC(C)(C)C(=O)OC1CCOC1=O.CCC(C)(C)C(=O)OC(C)C(=O)OC1CCOC1=O.CCC(C)(C)C(=O)OC1C2CC3C(=O)OC1C3C2.CCC(C)(C)C(=O)OC1C2OC(=O)C3CC1C(C)(C)C32.CCC(C)(C)C(=O)OCCC(=O)OC1CCOC1=O.